The molecular weight excluding hydrogens is 422 g/mol. The van der Waals surface area contributed by atoms with Gasteiger partial charge in [0.05, 0.1) is 12.5 Å². The van der Waals surface area contributed by atoms with E-state index in [-0.39, 0.29) is 17.2 Å². The summed E-state index contributed by atoms with van der Waals surface area (Å²) in [7, 11) is -8.31. The number of carbonyl (C=O) groups excluding carboxylic acids is 1. The number of benzene rings is 2. The fourth-order valence-corrected chi connectivity index (χ4v) is 6.44. The Kier molecular flexibility index (Phi) is 5.48. The Morgan fingerprint density at radius 2 is 1.57 bits per heavy atom. The number of thioether (sulfide) groups is 1. The van der Waals surface area contributed by atoms with Crippen molar-refractivity contribution in [3.05, 3.63) is 47.5 Å². The zero-order valence-corrected chi connectivity index (χ0v) is 17.9. The largest absolute Gasteiger partial charge is 0.455 e. The molecule has 0 heterocycles. The molecule has 0 amide bonds. The summed E-state index contributed by atoms with van der Waals surface area (Å²) in [5.74, 6) is 0.294. The van der Waals surface area contributed by atoms with Crippen molar-refractivity contribution >= 4 is 43.3 Å². The molecule has 1 aliphatic carbocycles. The Balaban J connectivity index is 2.19. The third-order valence-electron chi connectivity index (χ3n) is 4.19. The highest BCUT2D eigenvalue weighted by Gasteiger charge is 2.33. The molecule has 0 bridgehead atoms. The number of sulfonamides is 2. The lowest BCUT2D eigenvalue weighted by Crippen LogP contribution is -2.35. The van der Waals surface area contributed by atoms with E-state index < -0.39 is 20.0 Å². The number of hydrogen-bond acceptors (Lipinski definition) is 7. The maximum absolute atomic E-state index is 12.3. The van der Waals surface area contributed by atoms with Gasteiger partial charge in [-0.2, -0.15) is 3.71 Å². The fourth-order valence-electron chi connectivity index (χ4n) is 3.06. The van der Waals surface area contributed by atoms with Crippen molar-refractivity contribution < 1.29 is 26.4 Å². The molecule has 0 unspecified atom stereocenters. The minimum Gasteiger partial charge on any atom is -0.455 e. The van der Waals surface area contributed by atoms with Gasteiger partial charge in [-0.1, -0.05) is 0 Å². The fraction of sp³-hybridized carbons (Fsp3) is 0.278. The predicted octanol–water partition coefficient (Wildman–Crippen LogP) is 3.06. The van der Waals surface area contributed by atoms with Crippen LogP contribution in [-0.4, -0.2) is 41.4 Å². The molecule has 7 nitrogen and oxygen atoms in total. The molecule has 0 spiro atoms. The van der Waals surface area contributed by atoms with Crippen molar-refractivity contribution in [1.29, 1.82) is 0 Å². The van der Waals surface area contributed by atoms with Crippen molar-refractivity contribution in [2.45, 2.75) is 17.7 Å². The van der Waals surface area contributed by atoms with Gasteiger partial charge in [-0.25, -0.2) is 16.8 Å². The standard InChI is InChI=1S/C18H19NO6S3/c1-26-14-7-5-13(6-8-14)25-18-11-15-12(4-9-17(15)20)10-16(18)19(27(2,21)22)28(3,23)24/h5-8,10-11H,4,9H2,1-3H3. The number of ketones is 1. The summed E-state index contributed by atoms with van der Waals surface area (Å²) >= 11 is 1.55. The van der Waals surface area contributed by atoms with Crippen LogP contribution >= 0.6 is 11.8 Å². The second-order valence-electron chi connectivity index (χ2n) is 6.40. The monoisotopic (exact) mass is 441 g/mol. The van der Waals surface area contributed by atoms with E-state index in [1.54, 1.807) is 23.9 Å². The van der Waals surface area contributed by atoms with Crippen LogP contribution in [0.1, 0.15) is 22.3 Å². The van der Waals surface area contributed by atoms with Crippen molar-refractivity contribution in [3.63, 3.8) is 0 Å². The van der Waals surface area contributed by atoms with Gasteiger partial charge in [-0.15, -0.1) is 11.8 Å². The minimum absolute atomic E-state index is 0.0123. The molecule has 0 atom stereocenters. The van der Waals surface area contributed by atoms with Gasteiger partial charge in [-0.05, 0) is 54.6 Å². The molecule has 3 rings (SSSR count). The number of ether oxygens (including phenoxy) is 1. The van der Waals surface area contributed by atoms with Crippen LogP contribution in [0.3, 0.4) is 0 Å². The Morgan fingerprint density at radius 1 is 0.964 bits per heavy atom. The summed E-state index contributed by atoms with van der Waals surface area (Å²) in [6.45, 7) is 0. The number of carbonyl (C=O) groups is 1. The average Bonchev–Trinajstić information content (AvgIpc) is 2.93. The highest BCUT2D eigenvalue weighted by atomic mass is 32.3. The van der Waals surface area contributed by atoms with Crippen LogP contribution in [-0.2, 0) is 26.5 Å². The van der Waals surface area contributed by atoms with E-state index in [2.05, 4.69) is 0 Å². The maximum atomic E-state index is 12.3. The van der Waals surface area contributed by atoms with Crippen LogP contribution in [0.4, 0.5) is 5.69 Å². The Labute approximate surface area is 168 Å². The van der Waals surface area contributed by atoms with E-state index in [0.717, 1.165) is 17.4 Å². The van der Waals surface area contributed by atoms with Gasteiger partial charge in [0.25, 0.3) is 0 Å². The Bertz CT molecular complexity index is 1110. The SMILES string of the molecule is CSc1ccc(Oc2cc3c(cc2N(S(C)(=O)=O)S(C)(=O)=O)CCC3=O)cc1. The van der Waals surface area contributed by atoms with Crippen LogP contribution < -0.4 is 8.45 Å². The van der Waals surface area contributed by atoms with Gasteiger partial charge in [0, 0.05) is 16.9 Å². The molecular formula is C18H19NO6S3. The molecule has 0 saturated carbocycles. The lowest BCUT2D eigenvalue weighted by molar-refractivity contribution is 0.0994. The molecule has 28 heavy (non-hydrogen) atoms. The average molecular weight is 442 g/mol. The maximum Gasteiger partial charge on any atom is 0.245 e. The summed E-state index contributed by atoms with van der Waals surface area (Å²) in [6, 6.07) is 9.86. The lowest BCUT2D eigenvalue weighted by Gasteiger charge is -2.23. The number of nitrogens with zero attached hydrogens (tertiary/aromatic N) is 1. The molecule has 0 saturated heterocycles. The Morgan fingerprint density at radius 3 is 2.11 bits per heavy atom. The van der Waals surface area contributed by atoms with Gasteiger partial charge in [0.1, 0.15) is 11.4 Å². The van der Waals surface area contributed by atoms with E-state index in [9.17, 15) is 21.6 Å². The molecule has 150 valence electrons. The second kappa shape index (κ2) is 7.41. The molecule has 1 aliphatic rings. The first kappa shape index (κ1) is 20.7. The highest BCUT2D eigenvalue weighted by molar-refractivity contribution is 8.09. The molecule has 0 fully saturated rings. The van der Waals surface area contributed by atoms with Gasteiger partial charge in [0.15, 0.2) is 11.5 Å². The smallest absolute Gasteiger partial charge is 0.245 e. The van der Waals surface area contributed by atoms with Gasteiger partial charge in [0.2, 0.25) is 20.0 Å². The summed E-state index contributed by atoms with van der Waals surface area (Å²) in [6.07, 6.45) is 4.26. The van der Waals surface area contributed by atoms with Gasteiger partial charge < -0.3 is 4.74 Å². The van der Waals surface area contributed by atoms with Crippen molar-refractivity contribution in [1.82, 2.24) is 0 Å². The lowest BCUT2D eigenvalue weighted by atomic mass is 10.1. The first-order valence-corrected chi connectivity index (χ1v) is 13.2. The molecule has 0 aromatic heterocycles. The van der Waals surface area contributed by atoms with Crippen LogP contribution in [0.5, 0.6) is 11.5 Å². The van der Waals surface area contributed by atoms with E-state index in [4.69, 9.17) is 4.74 Å². The van der Waals surface area contributed by atoms with Gasteiger partial charge in [-0.3, -0.25) is 4.79 Å². The first-order chi connectivity index (χ1) is 13.0. The molecule has 0 aliphatic heterocycles. The zero-order valence-electron chi connectivity index (χ0n) is 15.5. The van der Waals surface area contributed by atoms with Crippen molar-refractivity contribution in [2.75, 3.05) is 22.5 Å². The predicted molar refractivity (Wildman–Crippen MR) is 110 cm³/mol. The first-order valence-electron chi connectivity index (χ1n) is 8.23. The molecule has 0 N–H and O–H groups in total. The van der Waals surface area contributed by atoms with E-state index >= 15 is 0 Å². The third kappa shape index (κ3) is 4.18. The number of hydrogen-bond donors (Lipinski definition) is 0. The van der Waals surface area contributed by atoms with E-state index in [1.807, 2.05) is 18.4 Å². The molecule has 2 aromatic carbocycles. The number of fused-ring (bicyclic) bond motifs is 1. The number of anilines is 1. The summed E-state index contributed by atoms with van der Waals surface area (Å²) < 4.78 is 55.2. The number of rotatable bonds is 6. The second-order valence-corrected chi connectivity index (χ2v) is 11.2. The number of aryl methyl sites for hydroxylation is 1. The minimum atomic E-state index is -4.15. The van der Waals surface area contributed by atoms with Crippen LogP contribution in [0.15, 0.2) is 41.3 Å². The van der Waals surface area contributed by atoms with Crippen LogP contribution in [0, 0.1) is 0 Å². The topological polar surface area (TPSA) is 97.8 Å². The Hall–Kier alpha value is -2.04. The summed E-state index contributed by atoms with van der Waals surface area (Å²) in [5, 5.41) is 0. The van der Waals surface area contributed by atoms with E-state index in [1.165, 1.54) is 12.1 Å². The third-order valence-corrected chi connectivity index (χ3v) is 8.16. The zero-order chi connectivity index (χ0) is 20.7. The van der Waals surface area contributed by atoms with E-state index in [0.29, 0.717) is 33.4 Å². The van der Waals surface area contributed by atoms with Crippen LogP contribution in [0.2, 0.25) is 0 Å². The molecule has 2 aromatic rings. The molecule has 0 radical (unpaired) electrons. The van der Waals surface area contributed by atoms with Crippen molar-refractivity contribution in [3.8, 4) is 11.5 Å². The normalized spacial score (nSPS) is 14.0. The number of Topliss-reactive ketones (excluding diaryl/α,β-unsaturated/α-hetero) is 1. The quantitative estimate of drug-likeness (QED) is 0.636. The molecule has 10 heteroatoms. The van der Waals surface area contributed by atoms with Gasteiger partial charge >= 0.3 is 0 Å². The summed E-state index contributed by atoms with van der Waals surface area (Å²) in [4.78, 5) is 13.1. The van der Waals surface area contributed by atoms with Crippen molar-refractivity contribution in [2.24, 2.45) is 0 Å². The summed E-state index contributed by atoms with van der Waals surface area (Å²) in [5.41, 5.74) is 0.885. The highest BCUT2D eigenvalue weighted by Crippen LogP contribution is 2.40. The van der Waals surface area contributed by atoms with Crippen LogP contribution in [0.25, 0.3) is 0 Å².